The Balaban J connectivity index is 2.86. The van der Waals surface area contributed by atoms with Crippen molar-refractivity contribution in [3.63, 3.8) is 0 Å². The minimum atomic E-state index is -0.752. The Kier molecular flexibility index (Phi) is 3.74. The number of rotatable bonds is 3. The first-order chi connectivity index (χ1) is 7.04. The summed E-state index contributed by atoms with van der Waals surface area (Å²) in [4.78, 5) is 11.4. The van der Waals surface area contributed by atoms with Gasteiger partial charge in [0.25, 0.3) is 5.91 Å². The first-order valence-electron chi connectivity index (χ1n) is 4.50. The van der Waals surface area contributed by atoms with Gasteiger partial charge in [-0.25, -0.2) is 8.78 Å². The number of carbonyl (C=O) groups is 1. The van der Waals surface area contributed by atoms with Gasteiger partial charge in [-0.2, -0.15) is 0 Å². The first kappa shape index (κ1) is 11.6. The van der Waals surface area contributed by atoms with Gasteiger partial charge in [-0.1, -0.05) is 0 Å². The molecular formula is C10H12F2N2O. The summed E-state index contributed by atoms with van der Waals surface area (Å²) in [5, 5.41) is 2.44. The van der Waals surface area contributed by atoms with Crippen molar-refractivity contribution in [1.29, 1.82) is 0 Å². The van der Waals surface area contributed by atoms with Crippen LogP contribution in [0, 0.1) is 11.6 Å². The zero-order chi connectivity index (χ0) is 11.4. The molecule has 0 unspecified atom stereocenters. The molecule has 0 aromatic heterocycles. The number of hydrogen-bond acceptors (Lipinski definition) is 2. The number of hydrogen-bond donors (Lipinski definition) is 2. The molecule has 0 saturated heterocycles. The number of halogens is 2. The largest absolute Gasteiger partial charge is 0.348 e. The normalized spacial score (nSPS) is 12.3. The molecule has 0 aliphatic rings. The van der Waals surface area contributed by atoms with Crippen LogP contribution < -0.4 is 11.1 Å². The van der Waals surface area contributed by atoms with Crippen LogP contribution in [-0.4, -0.2) is 18.5 Å². The summed E-state index contributed by atoms with van der Waals surface area (Å²) in [5.41, 5.74) is 4.97. The summed E-state index contributed by atoms with van der Waals surface area (Å²) >= 11 is 0. The second-order valence-electron chi connectivity index (χ2n) is 3.23. The fourth-order valence-electron chi connectivity index (χ4n) is 1.03. The molecular weight excluding hydrogens is 202 g/mol. The van der Waals surface area contributed by atoms with Gasteiger partial charge in [0.1, 0.15) is 11.6 Å². The lowest BCUT2D eigenvalue weighted by Gasteiger charge is -2.11. The van der Waals surface area contributed by atoms with Crippen molar-refractivity contribution in [3.8, 4) is 0 Å². The van der Waals surface area contributed by atoms with Gasteiger partial charge in [-0.15, -0.1) is 0 Å². The number of benzene rings is 1. The molecule has 1 atom stereocenters. The fourth-order valence-corrected chi connectivity index (χ4v) is 1.03. The quantitative estimate of drug-likeness (QED) is 0.790. The molecule has 0 saturated carbocycles. The lowest BCUT2D eigenvalue weighted by atomic mass is 10.2. The van der Waals surface area contributed by atoms with Crippen molar-refractivity contribution in [3.05, 3.63) is 35.4 Å². The third-order valence-corrected chi connectivity index (χ3v) is 1.90. The SMILES string of the molecule is C[C@@H](CN)NC(=O)c1cc(F)ccc1F. The molecule has 5 heteroatoms. The smallest absolute Gasteiger partial charge is 0.254 e. The summed E-state index contributed by atoms with van der Waals surface area (Å²) in [6.45, 7) is 1.91. The minimum absolute atomic E-state index is 0.239. The van der Waals surface area contributed by atoms with E-state index in [1.807, 2.05) is 0 Å². The van der Waals surface area contributed by atoms with Gasteiger partial charge in [-0.3, -0.25) is 4.79 Å². The Labute approximate surface area is 86.3 Å². The summed E-state index contributed by atoms with van der Waals surface area (Å²) in [6.07, 6.45) is 0. The van der Waals surface area contributed by atoms with Crippen molar-refractivity contribution >= 4 is 5.91 Å². The third kappa shape index (κ3) is 2.99. The number of amides is 1. The van der Waals surface area contributed by atoms with E-state index in [4.69, 9.17) is 5.73 Å². The molecule has 0 spiro atoms. The van der Waals surface area contributed by atoms with E-state index in [1.165, 1.54) is 0 Å². The second-order valence-corrected chi connectivity index (χ2v) is 3.23. The molecule has 1 aromatic rings. The third-order valence-electron chi connectivity index (χ3n) is 1.90. The molecule has 15 heavy (non-hydrogen) atoms. The van der Waals surface area contributed by atoms with Crippen molar-refractivity contribution < 1.29 is 13.6 Å². The van der Waals surface area contributed by atoms with Gasteiger partial charge in [0.15, 0.2) is 0 Å². The van der Waals surface area contributed by atoms with E-state index in [0.29, 0.717) is 0 Å². The Morgan fingerprint density at radius 2 is 2.20 bits per heavy atom. The summed E-state index contributed by atoms with van der Waals surface area (Å²) < 4.78 is 25.9. The summed E-state index contributed by atoms with van der Waals surface area (Å²) in [5.74, 6) is -2.06. The first-order valence-corrected chi connectivity index (χ1v) is 4.50. The van der Waals surface area contributed by atoms with Crippen LogP contribution >= 0.6 is 0 Å². The molecule has 0 aliphatic carbocycles. The molecule has 1 aromatic carbocycles. The molecule has 3 N–H and O–H groups in total. The average molecular weight is 214 g/mol. The zero-order valence-electron chi connectivity index (χ0n) is 8.26. The standard InChI is InChI=1S/C10H12F2N2O/c1-6(5-13)14-10(15)8-4-7(11)2-3-9(8)12/h2-4,6H,5,13H2,1H3,(H,14,15)/t6-/m0/s1. The Hall–Kier alpha value is -1.49. The van der Waals surface area contributed by atoms with Crippen molar-refractivity contribution in [2.45, 2.75) is 13.0 Å². The van der Waals surface area contributed by atoms with Crippen LogP contribution in [0.15, 0.2) is 18.2 Å². The van der Waals surface area contributed by atoms with Crippen LogP contribution in [0.3, 0.4) is 0 Å². The molecule has 1 amide bonds. The van der Waals surface area contributed by atoms with E-state index in [2.05, 4.69) is 5.32 Å². The van der Waals surface area contributed by atoms with Gasteiger partial charge in [0.2, 0.25) is 0 Å². The predicted molar refractivity (Wildman–Crippen MR) is 52.3 cm³/mol. The minimum Gasteiger partial charge on any atom is -0.348 e. The number of nitrogens with two attached hydrogens (primary N) is 1. The van der Waals surface area contributed by atoms with E-state index in [9.17, 15) is 13.6 Å². The highest BCUT2D eigenvalue weighted by molar-refractivity contribution is 5.94. The molecule has 0 fully saturated rings. The maximum absolute atomic E-state index is 13.1. The van der Waals surface area contributed by atoms with E-state index < -0.39 is 17.5 Å². The maximum atomic E-state index is 13.1. The van der Waals surface area contributed by atoms with Crippen molar-refractivity contribution in [2.24, 2.45) is 5.73 Å². The van der Waals surface area contributed by atoms with Crippen molar-refractivity contribution in [1.82, 2.24) is 5.32 Å². The molecule has 0 radical (unpaired) electrons. The topological polar surface area (TPSA) is 55.1 Å². The van der Waals surface area contributed by atoms with E-state index in [-0.39, 0.29) is 18.2 Å². The van der Waals surface area contributed by atoms with Crippen LogP contribution in [0.4, 0.5) is 8.78 Å². The molecule has 0 aliphatic heterocycles. The Morgan fingerprint density at radius 1 is 1.53 bits per heavy atom. The molecule has 3 nitrogen and oxygen atoms in total. The van der Waals surface area contributed by atoms with Crippen LogP contribution in [0.5, 0.6) is 0 Å². The molecule has 1 rings (SSSR count). The van der Waals surface area contributed by atoms with Gasteiger partial charge < -0.3 is 11.1 Å². The second kappa shape index (κ2) is 4.84. The van der Waals surface area contributed by atoms with E-state index in [1.54, 1.807) is 6.92 Å². The fraction of sp³-hybridized carbons (Fsp3) is 0.300. The average Bonchev–Trinajstić information content (AvgIpc) is 2.21. The lowest BCUT2D eigenvalue weighted by Crippen LogP contribution is -2.38. The highest BCUT2D eigenvalue weighted by Crippen LogP contribution is 2.09. The highest BCUT2D eigenvalue weighted by atomic mass is 19.1. The number of carbonyl (C=O) groups excluding carboxylic acids is 1. The van der Waals surface area contributed by atoms with Gasteiger partial charge in [-0.05, 0) is 25.1 Å². The number of nitrogens with one attached hydrogen (secondary N) is 1. The summed E-state index contributed by atoms with van der Waals surface area (Å²) in [7, 11) is 0. The van der Waals surface area contributed by atoms with Crippen LogP contribution in [0.1, 0.15) is 17.3 Å². The van der Waals surface area contributed by atoms with Gasteiger partial charge >= 0.3 is 0 Å². The van der Waals surface area contributed by atoms with Gasteiger partial charge in [0, 0.05) is 12.6 Å². The highest BCUT2D eigenvalue weighted by Gasteiger charge is 2.14. The van der Waals surface area contributed by atoms with Crippen LogP contribution in [0.25, 0.3) is 0 Å². The van der Waals surface area contributed by atoms with E-state index in [0.717, 1.165) is 18.2 Å². The zero-order valence-corrected chi connectivity index (χ0v) is 8.26. The van der Waals surface area contributed by atoms with Crippen LogP contribution in [0.2, 0.25) is 0 Å². The monoisotopic (exact) mass is 214 g/mol. The van der Waals surface area contributed by atoms with Crippen molar-refractivity contribution in [2.75, 3.05) is 6.54 Å². The van der Waals surface area contributed by atoms with Crippen LogP contribution in [-0.2, 0) is 0 Å². The molecule has 0 bridgehead atoms. The molecule has 0 heterocycles. The maximum Gasteiger partial charge on any atom is 0.254 e. The molecule has 82 valence electrons. The lowest BCUT2D eigenvalue weighted by molar-refractivity contribution is 0.0936. The Morgan fingerprint density at radius 3 is 2.80 bits per heavy atom. The summed E-state index contributed by atoms with van der Waals surface area (Å²) in [6, 6.07) is 2.45. The Bertz CT molecular complexity index is 368. The van der Waals surface area contributed by atoms with E-state index >= 15 is 0 Å². The predicted octanol–water partition coefficient (Wildman–Crippen LogP) is 1.04. The van der Waals surface area contributed by atoms with Gasteiger partial charge in [0.05, 0.1) is 5.56 Å².